The summed E-state index contributed by atoms with van der Waals surface area (Å²) < 4.78 is 25.3. The number of carbonyl (C=O) groups excluding carboxylic acids is 2. The highest BCUT2D eigenvalue weighted by molar-refractivity contribution is 7.94. The average molecular weight is 427 g/mol. The molecule has 2 aromatic rings. The van der Waals surface area contributed by atoms with Crippen LogP contribution in [0.15, 0.2) is 42.5 Å². The fourth-order valence-electron chi connectivity index (χ4n) is 2.76. The predicted molar refractivity (Wildman–Crippen MR) is 105 cm³/mol. The monoisotopic (exact) mass is 426 g/mol. The number of hydrogen-bond donors (Lipinski definition) is 1. The van der Waals surface area contributed by atoms with E-state index in [0.29, 0.717) is 9.33 Å². The van der Waals surface area contributed by atoms with Gasteiger partial charge < -0.3 is 5.32 Å². The smallest absolute Gasteiger partial charge is 0.251 e. The molecule has 27 heavy (non-hydrogen) atoms. The average Bonchev–Trinajstić information content (AvgIpc) is 2.82. The van der Waals surface area contributed by atoms with E-state index in [0.717, 1.165) is 5.56 Å². The van der Waals surface area contributed by atoms with Gasteiger partial charge in [0.25, 0.3) is 5.91 Å². The Bertz CT molecular complexity index is 1010. The predicted octanol–water partition coefficient (Wildman–Crippen LogP) is 3.24. The molecule has 9 heteroatoms. The summed E-state index contributed by atoms with van der Waals surface area (Å²) in [5.74, 6) is -1.92. The first kappa shape index (κ1) is 19.7. The molecule has 2 amide bonds. The summed E-state index contributed by atoms with van der Waals surface area (Å²) in [4.78, 5) is 24.7. The van der Waals surface area contributed by atoms with E-state index >= 15 is 0 Å². The van der Waals surface area contributed by atoms with Crippen LogP contribution >= 0.6 is 23.2 Å². The van der Waals surface area contributed by atoms with Crippen molar-refractivity contribution >= 4 is 50.7 Å². The SMILES string of the molecule is CC1CS(=O)(=O)N(c2cc(C(=O)NCc3ccc(Cl)cc3)ccc2Cl)C1=O. The van der Waals surface area contributed by atoms with Crippen molar-refractivity contribution in [3.8, 4) is 0 Å². The van der Waals surface area contributed by atoms with Gasteiger partial charge in [-0.15, -0.1) is 0 Å². The summed E-state index contributed by atoms with van der Waals surface area (Å²) in [6.45, 7) is 1.81. The molecule has 0 aromatic heterocycles. The molecule has 0 spiro atoms. The zero-order chi connectivity index (χ0) is 19.8. The van der Waals surface area contributed by atoms with Crippen molar-refractivity contribution in [1.29, 1.82) is 0 Å². The first-order valence-corrected chi connectivity index (χ1v) is 10.4. The van der Waals surface area contributed by atoms with Crippen LogP contribution in [-0.4, -0.2) is 26.0 Å². The van der Waals surface area contributed by atoms with Crippen LogP contribution in [0.25, 0.3) is 0 Å². The first-order chi connectivity index (χ1) is 12.7. The van der Waals surface area contributed by atoms with E-state index < -0.39 is 27.8 Å². The lowest BCUT2D eigenvalue weighted by Gasteiger charge is -2.17. The van der Waals surface area contributed by atoms with E-state index in [1.807, 2.05) is 0 Å². The van der Waals surface area contributed by atoms with Gasteiger partial charge in [0.1, 0.15) is 0 Å². The third-order valence-corrected chi connectivity index (χ3v) is 6.58. The number of rotatable bonds is 4. The highest BCUT2D eigenvalue weighted by Crippen LogP contribution is 2.34. The molecule has 0 aliphatic carbocycles. The highest BCUT2D eigenvalue weighted by atomic mass is 35.5. The summed E-state index contributed by atoms with van der Waals surface area (Å²) >= 11 is 11.9. The van der Waals surface area contributed by atoms with E-state index in [-0.39, 0.29) is 28.6 Å². The second kappa shape index (κ2) is 7.50. The van der Waals surface area contributed by atoms with E-state index in [2.05, 4.69) is 5.32 Å². The van der Waals surface area contributed by atoms with E-state index in [4.69, 9.17) is 23.2 Å². The maximum absolute atomic E-state index is 12.4. The van der Waals surface area contributed by atoms with Crippen LogP contribution in [0.4, 0.5) is 5.69 Å². The van der Waals surface area contributed by atoms with Crippen LogP contribution < -0.4 is 9.62 Å². The molecule has 1 atom stereocenters. The zero-order valence-corrected chi connectivity index (χ0v) is 16.6. The minimum atomic E-state index is -3.81. The summed E-state index contributed by atoms with van der Waals surface area (Å²) in [5.41, 5.74) is 1.05. The van der Waals surface area contributed by atoms with Gasteiger partial charge in [-0.3, -0.25) is 9.59 Å². The van der Waals surface area contributed by atoms with Crippen LogP contribution in [-0.2, 0) is 21.4 Å². The molecular formula is C18H16Cl2N2O4S. The summed E-state index contributed by atoms with van der Waals surface area (Å²) in [6.07, 6.45) is 0. The molecule has 1 unspecified atom stereocenters. The Kier molecular flexibility index (Phi) is 5.46. The molecule has 0 bridgehead atoms. The lowest BCUT2D eigenvalue weighted by molar-refractivity contribution is -0.119. The second-order valence-corrected chi connectivity index (χ2v) is 8.96. The Balaban J connectivity index is 1.83. The van der Waals surface area contributed by atoms with Crippen molar-refractivity contribution in [2.75, 3.05) is 10.1 Å². The minimum absolute atomic E-state index is 0.00911. The molecular weight excluding hydrogens is 411 g/mol. The van der Waals surface area contributed by atoms with Gasteiger partial charge in [0.2, 0.25) is 15.9 Å². The Morgan fingerprint density at radius 3 is 2.44 bits per heavy atom. The van der Waals surface area contributed by atoms with Crippen molar-refractivity contribution in [3.63, 3.8) is 0 Å². The van der Waals surface area contributed by atoms with Gasteiger partial charge in [-0.05, 0) is 35.9 Å². The molecule has 1 N–H and O–H groups in total. The number of amides is 2. The van der Waals surface area contributed by atoms with Crippen LogP contribution in [0.2, 0.25) is 10.0 Å². The number of carbonyl (C=O) groups is 2. The molecule has 1 aliphatic rings. The molecule has 142 valence electrons. The number of anilines is 1. The van der Waals surface area contributed by atoms with Crippen molar-refractivity contribution < 1.29 is 18.0 Å². The normalized spacial score (nSPS) is 18.6. The number of hydrogen-bond acceptors (Lipinski definition) is 4. The second-order valence-electron chi connectivity index (χ2n) is 6.26. The lowest BCUT2D eigenvalue weighted by atomic mass is 10.1. The van der Waals surface area contributed by atoms with Gasteiger partial charge in [-0.2, -0.15) is 0 Å². The standard InChI is InChI=1S/C18H16Cl2N2O4S/c1-11-10-27(25,26)22(18(11)24)16-8-13(4-7-15(16)20)17(23)21-9-12-2-5-14(19)6-3-12/h2-8,11H,9-10H2,1H3,(H,21,23). The lowest BCUT2D eigenvalue weighted by Crippen LogP contribution is -2.31. The topological polar surface area (TPSA) is 83.6 Å². The summed E-state index contributed by atoms with van der Waals surface area (Å²) in [6, 6.07) is 11.2. The molecule has 3 rings (SSSR count). The molecule has 1 saturated heterocycles. The van der Waals surface area contributed by atoms with Gasteiger partial charge >= 0.3 is 0 Å². The van der Waals surface area contributed by atoms with E-state index in [9.17, 15) is 18.0 Å². The van der Waals surface area contributed by atoms with E-state index in [1.54, 1.807) is 24.3 Å². The van der Waals surface area contributed by atoms with Crippen molar-refractivity contribution in [1.82, 2.24) is 5.32 Å². The third kappa shape index (κ3) is 4.10. The van der Waals surface area contributed by atoms with E-state index in [1.165, 1.54) is 25.1 Å². The van der Waals surface area contributed by atoms with Gasteiger partial charge in [0.05, 0.1) is 22.4 Å². The minimum Gasteiger partial charge on any atom is -0.348 e. The summed E-state index contributed by atoms with van der Waals surface area (Å²) in [7, 11) is -3.81. The third-order valence-electron chi connectivity index (χ3n) is 4.15. The molecule has 1 aliphatic heterocycles. The number of nitrogens with one attached hydrogen (secondary N) is 1. The van der Waals surface area contributed by atoms with Crippen LogP contribution in [0.3, 0.4) is 0 Å². The first-order valence-electron chi connectivity index (χ1n) is 8.08. The largest absolute Gasteiger partial charge is 0.348 e. The number of nitrogens with zero attached hydrogens (tertiary/aromatic N) is 1. The maximum Gasteiger partial charge on any atom is 0.251 e. The maximum atomic E-state index is 12.4. The number of sulfonamides is 1. The van der Waals surface area contributed by atoms with Crippen molar-refractivity contribution in [2.45, 2.75) is 13.5 Å². The quantitative estimate of drug-likeness (QED) is 0.812. The van der Waals surface area contributed by atoms with Gasteiger partial charge in [0, 0.05) is 17.1 Å². The Morgan fingerprint density at radius 2 is 1.85 bits per heavy atom. The summed E-state index contributed by atoms with van der Waals surface area (Å²) in [5, 5.41) is 3.41. The van der Waals surface area contributed by atoms with Gasteiger partial charge in [-0.25, -0.2) is 12.7 Å². The van der Waals surface area contributed by atoms with Crippen LogP contribution in [0, 0.1) is 5.92 Å². The molecule has 1 fully saturated rings. The molecule has 1 heterocycles. The fourth-order valence-corrected chi connectivity index (χ4v) is 4.97. The highest BCUT2D eigenvalue weighted by Gasteiger charge is 2.42. The Hall–Kier alpha value is -2.09. The van der Waals surface area contributed by atoms with Crippen LogP contribution in [0.5, 0.6) is 0 Å². The molecule has 2 aromatic carbocycles. The Morgan fingerprint density at radius 1 is 1.19 bits per heavy atom. The zero-order valence-electron chi connectivity index (χ0n) is 14.3. The fraction of sp³-hybridized carbons (Fsp3) is 0.222. The molecule has 6 nitrogen and oxygen atoms in total. The van der Waals surface area contributed by atoms with Crippen LogP contribution in [0.1, 0.15) is 22.8 Å². The molecule has 0 saturated carbocycles. The van der Waals surface area contributed by atoms with Gasteiger partial charge in [0.15, 0.2) is 0 Å². The number of halogens is 2. The van der Waals surface area contributed by atoms with Gasteiger partial charge in [-0.1, -0.05) is 42.3 Å². The van der Waals surface area contributed by atoms with Crippen molar-refractivity contribution in [2.24, 2.45) is 5.92 Å². The Labute approximate surface area is 167 Å². The molecule has 0 radical (unpaired) electrons. The van der Waals surface area contributed by atoms with Crippen molar-refractivity contribution in [3.05, 3.63) is 63.6 Å². The number of benzene rings is 2.